The molecule has 1 unspecified atom stereocenters. The molecule has 2 N–H and O–H groups in total. The standard InChI is InChI=1S/C12H15N3O/c1-8-3-2-4-10-11(8)16-12(14-10)15-6-5-9(13)7-15/h2-4,9H,5-7,13H2,1H3. The second-order valence-corrected chi connectivity index (χ2v) is 4.41. The molecular formula is C12H15N3O. The number of aryl methyl sites for hydroxylation is 1. The fraction of sp³-hybridized carbons (Fsp3) is 0.417. The van der Waals surface area contributed by atoms with Crippen LogP contribution >= 0.6 is 0 Å². The van der Waals surface area contributed by atoms with Crippen molar-refractivity contribution in [3.05, 3.63) is 23.8 Å². The van der Waals surface area contributed by atoms with Crippen molar-refractivity contribution in [1.82, 2.24) is 4.98 Å². The van der Waals surface area contributed by atoms with Gasteiger partial charge in [0.2, 0.25) is 0 Å². The number of anilines is 1. The lowest BCUT2D eigenvalue weighted by Gasteiger charge is -2.11. The van der Waals surface area contributed by atoms with Gasteiger partial charge in [-0.15, -0.1) is 0 Å². The molecule has 0 saturated carbocycles. The topological polar surface area (TPSA) is 55.3 Å². The summed E-state index contributed by atoms with van der Waals surface area (Å²) in [7, 11) is 0. The van der Waals surface area contributed by atoms with Crippen LogP contribution in [0.3, 0.4) is 0 Å². The smallest absolute Gasteiger partial charge is 0.298 e. The van der Waals surface area contributed by atoms with Gasteiger partial charge in [0, 0.05) is 19.1 Å². The summed E-state index contributed by atoms with van der Waals surface area (Å²) in [5, 5.41) is 0. The average Bonchev–Trinajstić information content (AvgIpc) is 2.84. The van der Waals surface area contributed by atoms with Crippen molar-refractivity contribution in [2.24, 2.45) is 5.73 Å². The molecule has 84 valence electrons. The maximum Gasteiger partial charge on any atom is 0.298 e. The van der Waals surface area contributed by atoms with Crippen molar-refractivity contribution in [3.8, 4) is 0 Å². The minimum atomic E-state index is 0.246. The largest absolute Gasteiger partial charge is 0.423 e. The number of rotatable bonds is 1. The van der Waals surface area contributed by atoms with Gasteiger partial charge in [-0.25, -0.2) is 0 Å². The van der Waals surface area contributed by atoms with Crippen LogP contribution in [0.25, 0.3) is 11.1 Å². The van der Waals surface area contributed by atoms with Crippen molar-refractivity contribution in [3.63, 3.8) is 0 Å². The summed E-state index contributed by atoms with van der Waals surface area (Å²) < 4.78 is 5.79. The number of para-hydroxylation sites is 1. The highest BCUT2D eigenvalue weighted by Gasteiger charge is 2.23. The van der Waals surface area contributed by atoms with E-state index in [-0.39, 0.29) is 6.04 Å². The molecule has 4 heteroatoms. The Labute approximate surface area is 94.0 Å². The second-order valence-electron chi connectivity index (χ2n) is 4.41. The summed E-state index contributed by atoms with van der Waals surface area (Å²) in [6.45, 7) is 3.81. The summed E-state index contributed by atoms with van der Waals surface area (Å²) in [6.07, 6.45) is 1.01. The summed E-state index contributed by atoms with van der Waals surface area (Å²) in [6, 6.07) is 6.96. The van der Waals surface area contributed by atoms with E-state index < -0.39 is 0 Å². The van der Waals surface area contributed by atoms with Gasteiger partial charge in [0.05, 0.1) is 0 Å². The Kier molecular flexibility index (Phi) is 2.11. The Bertz CT molecular complexity index is 520. The Morgan fingerprint density at radius 2 is 2.38 bits per heavy atom. The van der Waals surface area contributed by atoms with E-state index in [0.29, 0.717) is 6.01 Å². The lowest BCUT2D eigenvalue weighted by molar-refractivity contribution is 0.582. The van der Waals surface area contributed by atoms with Gasteiger partial charge in [0.1, 0.15) is 5.52 Å². The third-order valence-electron chi connectivity index (χ3n) is 3.10. The number of oxazole rings is 1. The second kappa shape index (κ2) is 3.49. The monoisotopic (exact) mass is 217 g/mol. The molecule has 1 aromatic carbocycles. The van der Waals surface area contributed by atoms with Gasteiger partial charge in [-0.1, -0.05) is 12.1 Å². The van der Waals surface area contributed by atoms with Gasteiger partial charge in [-0.05, 0) is 25.0 Å². The first-order valence-corrected chi connectivity index (χ1v) is 5.61. The van der Waals surface area contributed by atoms with E-state index in [0.717, 1.165) is 36.2 Å². The molecule has 0 radical (unpaired) electrons. The third kappa shape index (κ3) is 1.46. The summed E-state index contributed by atoms with van der Waals surface area (Å²) >= 11 is 0. The Balaban J connectivity index is 2.02. The van der Waals surface area contributed by atoms with Crippen LogP contribution in [0.2, 0.25) is 0 Å². The van der Waals surface area contributed by atoms with Crippen LogP contribution in [0.5, 0.6) is 0 Å². The highest BCUT2D eigenvalue weighted by atomic mass is 16.4. The van der Waals surface area contributed by atoms with E-state index in [2.05, 4.69) is 9.88 Å². The molecule has 1 aliphatic rings. The highest BCUT2D eigenvalue weighted by molar-refractivity contribution is 5.77. The molecule has 16 heavy (non-hydrogen) atoms. The SMILES string of the molecule is Cc1cccc2nc(N3CCC(N)C3)oc12. The number of hydrogen-bond donors (Lipinski definition) is 1. The zero-order valence-corrected chi connectivity index (χ0v) is 9.31. The molecule has 1 atom stereocenters. The first-order chi connectivity index (χ1) is 7.74. The summed E-state index contributed by atoms with van der Waals surface area (Å²) in [4.78, 5) is 6.61. The van der Waals surface area contributed by atoms with Crippen molar-refractivity contribution in [2.75, 3.05) is 18.0 Å². The molecule has 1 saturated heterocycles. The molecule has 1 fully saturated rings. The van der Waals surface area contributed by atoms with E-state index in [1.807, 2.05) is 25.1 Å². The van der Waals surface area contributed by atoms with Gasteiger partial charge in [0.15, 0.2) is 5.58 Å². The molecule has 0 amide bonds. The van der Waals surface area contributed by atoms with E-state index in [1.165, 1.54) is 0 Å². The first-order valence-electron chi connectivity index (χ1n) is 5.61. The average molecular weight is 217 g/mol. The molecule has 0 aliphatic carbocycles. The quantitative estimate of drug-likeness (QED) is 0.789. The van der Waals surface area contributed by atoms with Crippen LogP contribution in [-0.2, 0) is 0 Å². The predicted octanol–water partition coefficient (Wildman–Crippen LogP) is 1.67. The molecule has 3 rings (SSSR count). The minimum absolute atomic E-state index is 0.246. The van der Waals surface area contributed by atoms with Gasteiger partial charge in [-0.2, -0.15) is 4.98 Å². The number of nitrogens with two attached hydrogens (primary N) is 1. The van der Waals surface area contributed by atoms with Crippen LogP contribution in [0.15, 0.2) is 22.6 Å². The van der Waals surface area contributed by atoms with Gasteiger partial charge in [-0.3, -0.25) is 0 Å². The van der Waals surface area contributed by atoms with Crippen LogP contribution in [-0.4, -0.2) is 24.1 Å². The van der Waals surface area contributed by atoms with Crippen LogP contribution in [0.1, 0.15) is 12.0 Å². The maximum atomic E-state index is 5.88. The molecule has 2 aromatic rings. The van der Waals surface area contributed by atoms with Crippen molar-refractivity contribution >= 4 is 17.1 Å². The molecule has 1 aromatic heterocycles. The fourth-order valence-corrected chi connectivity index (χ4v) is 2.17. The molecule has 0 bridgehead atoms. The molecule has 0 spiro atoms. The van der Waals surface area contributed by atoms with E-state index >= 15 is 0 Å². The lowest BCUT2D eigenvalue weighted by Crippen LogP contribution is -2.26. The van der Waals surface area contributed by atoms with E-state index in [1.54, 1.807) is 0 Å². The molecule has 1 aliphatic heterocycles. The number of nitrogens with zero attached hydrogens (tertiary/aromatic N) is 2. The van der Waals surface area contributed by atoms with Crippen LogP contribution in [0, 0.1) is 6.92 Å². The summed E-state index contributed by atoms with van der Waals surface area (Å²) in [5.41, 5.74) is 8.81. The zero-order chi connectivity index (χ0) is 11.1. The van der Waals surface area contributed by atoms with Crippen molar-refractivity contribution in [1.29, 1.82) is 0 Å². The molecule has 2 heterocycles. The highest BCUT2D eigenvalue weighted by Crippen LogP contribution is 2.26. The molecule has 4 nitrogen and oxygen atoms in total. The Morgan fingerprint density at radius 1 is 1.50 bits per heavy atom. The lowest BCUT2D eigenvalue weighted by atomic mass is 10.2. The molecular weight excluding hydrogens is 202 g/mol. The first kappa shape index (κ1) is 9.66. The van der Waals surface area contributed by atoms with E-state index in [9.17, 15) is 0 Å². The number of benzene rings is 1. The number of hydrogen-bond acceptors (Lipinski definition) is 4. The number of aromatic nitrogens is 1. The predicted molar refractivity (Wildman–Crippen MR) is 63.6 cm³/mol. The number of fused-ring (bicyclic) bond motifs is 1. The third-order valence-corrected chi connectivity index (χ3v) is 3.10. The van der Waals surface area contributed by atoms with Crippen molar-refractivity contribution in [2.45, 2.75) is 19.4 Å². The maximum absolute atomic E-state index is 5.88. The van der Waals surface area contributed by atoms with Gasteiger partial charge < -0.3 is 15.1 Å². The normalized spacial score (nSPS) is 20.9. The van der Waals surface area contributed by atoms with Gasteiger partial charge in [0.25, 0.3) is 6.01 Å². The summed E-state index contributed by atoms with van der Waals surface area (Å²) in [5.74, 6) is 0. The Morgan fingerprint density at radius 3 is 3.06 bits per heavy atom. The zero-order valence-electron chi connectivity index (χ0n) is 9.31. The Hall–Kier alpha value is -1.55. The van der Waals surface area contributed by atoms with Crippen molar-refractivity contribution < 1.29 is 4.42 Å². The van der Waals surface area contributed by atoms with Crippen LogP contribution < -0.4 is 10.6 Å². The van der Waals surface area contributed by atoms with E-state index in [4.69, 9.17) is 10.2 Å². The van der Waals surface area contributed by atoms with Gasteiger partial charge >= 0.3 is 0 Å². The fourth-order valence-electron chi connectivity index (χ4n) is 2.17. The van der Waals surface area contributed by atoms with Crippen LogP contribution in [0.4, 0.5) is 6.01 Å². The minimum Gasteiger partial charge on any atom is -0.423 e.